The van der Waals surface area contributed by atoms with E-state index < -0.39 is 6.10 Å². The molecule has 5 nitrogen and oxygen atoms in total. The number of aliphatic hydroxyl groups excluding tert-OH is 1. The van der Waals surface area contributed by atoms with Crippen molar-refractivity contribution in [2.75, 3.05) is 19.7 Å². The Morgan fingerprint density at radius 1 is 1.38 bits per heavy atom. The second-order valence-electron chi connectivity index (χ2n) is 7.12. The first-order chi connectivity index (χ1) is 11.6. The molecular formula is C19H28N2O3. The van der Waals surface area contributed by atoms with Gasteiger partial charge < -0.3 is 15.2 Å². The maximum absolute atomic E-state index is 12.2. The van der Waals surface area contributed by atoms with E-state index in [1.165, 1.54) is 18.4 Å². The Morgan fingerprint density at radius 2 is 2.12 bits per heavy atom. The van der Waals surface area contributed by atoms with Gasteiger partial charge in [0, 0.05) is 25.7 Å². The molecule has 1 aromatic carbocycles. The molecule has 1 saturated carbocycles. The quantitative estimate of drug-likeness (QED) is 0.758. The van der Waals surface area contributed by atoms with Crippen molar-refractivity contribution < 1.29 is 14.6 Å². The summed E-state index contributed by atoms with van der Waals surface area (Å²) in [4.78, 5) is 14.4. The molecule has 1 saturated heterocycles. The largest absolute Gasteiger partial charge is 0.392 e. The van der Waals surface area contributed by atoms with Gasteiger partial charge in [-0.05, 0) is 37.7 Å². The van der Waals surface area contributed by atoms with Gasteiger partial charge in [-0.25, -0.2) is 0 Å². The summed E-state index contributed by atoms with van der Waals surface area (Å²) in [6, 6.07) is 10.4. The minimum absolute atomic E-state index is 0.0586. The minimum atomic E-state index is -0.403. The van der Waals surface area contributed by atoms with Crippen molar-refractivity contribution in [3.05, 3.63) is 35.9 Å². The van der Waals surface area contributed by atoms with Gasteiger partial charge in [0.15, 0.2) is 0 Å². The normalized spacial score (nSPS) is 25.6. The molecule has 1 aliphatic carbocycles. The summed E-state index contributed by atoms with van der Waals surface area (Å²) < 4.78 is 5.61. The van der Waals surface area contributed by atoms with Crippen LogP contribution in [-0.4, -0.2) is 53.9 Å². The SMILES string of the molecule is CC(OCC1CC1)C(=O)NCC1CC(O)CN1Cc1ccccc1. The average Bonchev–Trinajstić information content (AvgIpc) is 3.34. The zero-order valence-electron chi connectivity index (χ0n) is 14.4. The van der Waals surface area contributed by atoms with Gasteiger partial charge in [0.05, 0.1) is 12.7 Å². The van der Waals surface area contributed by atoms with Crippen LogP contribution in [0.3, 0.4) is 0 Å². The van der Waals surface area contributed by atoms with Crippen LogP contribution in [0.2, 0.25) is 0 Å². The maximum atomic E-state index is 12.2. The lowest BCUT2D eigenvalue weighted by Crippen LogP contribution is -2.43. The van der Waals surface area contributed by atoms with E-state index in [1.54, 1.807) is 0 Å². The molecule has 3 atom stereocenters. The number of aliphatic hydroxyl groups is 1. The average molecular weight is 332 g/mol. The fourth-order valence-electron chi connectivity index (χ4n) is 3.18. The van der Waals surface area contributed by atoms with Gasteiger partial charge in [-0.2, -0.15) is 0 Å². The molecular weight excluding hydrogens is 304 g/mol. The van der Waals surface area contributed by atoms with Gasteiger partial charge in [0.25, 0.3) is 0 Å². The van der Waals surface area contributed by atoms with E-state index in [2.05, 4.69) is 22.3 Å². The van der Waals surface area contributed by atoms with E-state index in [1.807, 2.05) is 25.1 Å². The standard InChI is InChI=1S/C19H28N2O3/c1-14(24-13-16-7-8-16)19(23)20-10-17-9-18(22)12-21(17)11-15-5-3-2-4-6-15/h2-6,14,16-18,22H,7-13H2,1H3,(H,20,23). The van der Waals surface area contributed by atoms with Crippen LogP contribution in [0.4, 0.5) is 0 Å². The second kappa shape index (κ2) is 8.10. The van der Waals surface area contributed by atoms with Gasteiger partial charge in [0.2, 0.25) is 5.91 Å². The van der Waals surface area contributed by atoms with Gasteiger partial charge in [-0.3, -0.25) is 9.69 Å². The number of carbonyl (C=O) groups excluding carboxylic acids is 1. The summed E-state index contributed by atoms with van der Waals surface area (Å²) >= 11 is 0. The molecule has 1 aliphatic heterocycles. The van der Waals surface area contributed by atoms with Gasteiger partial charge in [-0.1, -0.05) is 30.3 Å². The molecule has 132 valence electrons. The van der Waals surface area contributed by atoms with E-state index in [4.69, 9.17) is 4.74 Å². The van der Waals surface area contributed by atoms with Gasteiger partial charge in [-0.15, -0.1) is 0 Å². The topological polar surface area (TPSA) is 61.8 Å². The molecule has 3 unspecified atom stereocenters. The van der Waals surface area contributed by atoms with Crippen LogP contribution in [0.5, 0.6) is 0 Å². The molecule has 24 heavy (non-hydrogen) atoms. The fourth-order valence-corrected chi connectivity index (χ4v) is 3.18. The fraction of sp³-hybridized carbons (Fsp3) is 0.632. The lowest BCUT2D eigenvalue weighted by atomic mass is 10.1. The number of amides is 1. The highest BCUT2D eigenvalue weighted by Gasteiger charge is 2.31. The summed E-state index contributed by atoms with van der Waals surface area (Å²) in [5, 5.41) is 13.0. The molecule has 2 fully saturated rings. The highest BCUT2D eigenvalue weighted by molar-refractivity contribution is 5.80. The monoisotopic (exact) mass is 332 g/mol. The summed E-state index contributed by atoms with van der Waals surface area (Å²) in [6.45, 7) is 4.51. The third-order valence-electron chi connectivity index (χ3n) is 4.89. The van der Waals surface area contributed by atoms with Crippen molar-refractivity contribution in [1.82, 2.24) is 10.2 Å². The minimum Gasteiger partial charge on any atom is -0.392 e. The van der Waals surface area contributed by atoms with Crippen LogP contribution in [-0.2, 0) is 16.1 Å². The Balaban J connectivity index is 1.46. The zero-order valence-corrected chi connectivity index (χ0v) is 14.4. The number of benzene rings is 1. The first-order valence-electron chi connectivity index (χ1n) is 8.97. The third-order valence-corrected chi connectivity index (χ3v) is 4.89. The van der Waals surface area contributed by atoms with E-state index in [0.29, 0.717) is 32.0 Å². The van der Waals surface area contributed by atoms with E-state index in [9.17, 15) is 9.90 Å². The first-order valence-corrected chi connectivity index (χ1v) is 8.97. The van der Waals surface area contributed by atoms with E-state index in [-0.39, 0.29) is 18.1 Å². The van der Waals surface area contributed by atoms with E-state index >= 15 is 0 Å². The second-order valence-corrected chi connectivity index (χ2v) is 7.12. The molecule has 0 aromatic heterocycles. The number of hydrogen-bond acceptors (Lipinski definition) is 4. The number of carbonyl (C=O) groups is 1. The number of nitrogens with one attached hydrogen (secondary N) is 1. The highest BCUT2D eigenvalue weighted by Crippen LogP contribution is 2.29. The van der Waals surface area contributed by atoms with Crippen molar-refractivity contribution >= 4 is 5.91 Å². The molecule has 5 heteroatoms. The number of rotatable bonds is 8. The smallest absolute Gasteiger partial charge is 0.248 e. The predicted octanol–water partition coefficient (Wildman–Crippen LogP) is 1.55. The maximum Gasteiger partial charge on any atom is 0.248 e. The molecule has 0 spiro atoms. The number of nitrogens with zero attached hydrogens (tertiary/aromatic N) is 1. The van der Waals surface area contributed by atoms with Crippen molar-refractivity contribution in [1.29, 1.82) is 0 Å². The van der Waals surface area contributed by atoms with Crippen molar-refractivity contribution in [2.24, 2.45) is 5.92 Å². The number of hydrogen-bond donors (Lipinski definition) is 2. The Labute approximate surface area is 144 Å². The summed E-state index contributed by atoms with van der Waals surface area (Å²) in [6.07, 6.45) is 2.43. The van der Waals surface area contributed by atoms with E-state index in [0.717, 1.165) is 6.54 Å². The zero-order chi connectivity index (χ0) is 16.9. The highest BCUT2D eigenvalue weighted by atomic mass is 16.5. The molecule has 0 radical (unpaired) electrons. The summed E-state index contributed by atoms with van der Waals surface area (Å²) in [5.74, 6) is 0.600. The van der Waals surface area contributed by atoms with Crippen LogP contribution < -0.4 is 5.32 Å². The lowest BCUT2D eigenvalue weighted by Gasteiger charge is -2.25. The summed E-state index contributed by atoms with van der Waals surface area (Å²) in [5.41, 5.74) is 1.23. The Bertz CT molecular complexity index is 533. The van der Waals surface area contributed by atoms with Crippen molar-refractivity contribution in [2.45, 2.75) is 51.0 Å². The molecule has 1 heterocycles. The van der Waals surface area contributed by atoms with Crippen molar-refractivity contribution in [3.8, 4) is 0 Å². The predicted molar refractivity (Wildman–Crippen MR) is 92.4 cm³/mol. The molecule has 1 amide bonds. The van der Waals surface area contributed by atoms with Crippen LogP contribution in [0.1, 0.15) is 31.7 Å². The molecule has 1 aromatic rings. The molecule has 3 rings (SSSR count). The molecule has 2 N–H and O–H groups in total. The van der Waals surface area contributed by atoms with Crippen LogP contribution in [0, 0.1) is 5.92 Å². The Hall–Kier alpha value is -1.43. The number of β-amino-alcohol motifs (C(OH)–C–C–N with tert-alkyl or cyclic N) is 1. The molecule has 2 aliphatic rings. The Kier molecular flexibility index (Phi) is 5.87. The lowest BCUT2D eigenvalue weighted by molar-refractivity contribution is -0.132. The summed E-state index contributed by atoms with van der Waals surface area (Å²) in [7, 11) is 0. The first kappa shape index (κ1) is 17.4. The van der Waals surface area contributed by atoms with Gasteiger partial charge in [0.1, 0.15) is 6.10 Å². The number of likely N-dealkylation sites (tertiary alicyclic amines) is 1. The van der Waals surface area contributed by atoms with Crippen LogP contribution in [0.25, 0.3) is 0 Å². The van der Waals surface area contributed by atoms with Crippen LogP contribution in [0.15, 0.2) is 30.3 Å². The van der Waals surface area contributed by atoms with Gasteiger partial charge >= 0.3 is 0 Å². The third kappa shape index (κ3) is 5.03. The molecule has 0 bridgehead atoms. The van der Waals surface area contributed by atoms with Crippen LogP contribution >= 0.6 is 0 Å². The van der Waals surface area contributed by atoms with Crippen molar-refractivity contribution in [3.63, 3.8) is 0 Å². The Morgan fingerprint density at radius 3 is 2.83 bits per heavy atom. The number of ether oxygens (including phenoxy) is 1.